The fourth-order valence-electron chi connectivity index (χ4n) is 2.87. The van der Waals surface area contributed by atoms with Crippen molar-refractivity contribution in [1.82, 2.24) is 0 Å². The van der Waals surface area contributed by atoms with Gasteiger partial charge in [-0.05, 0) is 40.4 Å². The summed E-state index contributed by atoms with van der Waals surface area (Å²) in [7, 11) is 0. The topological polar surface area (TPSA) is 46.5 Å². The van der Waals surface area contributed by atoms with Gasteiger partial charge < -0.3 is 9.84 Å². The van der Waals surface area contributed by atoms with Gasteiger partial charge >= 0.3 is 5.97 Å². The number of ether oxygens (including phenoxy) is 1. The van der Waals surface area contributed by atoms with Gasteiger partial charge in [0, 0.05) is 5.41 Å². The van der Waals surface area contributed by atoms with E-state index in [9.17, 15) is 9.90 Å². The number of phenolic OH excluding ortho intramolecular Hbond substituents is 1. The minimum absolute atomic E-state index is 0.0394. The third-order valence-electron chi connectivity index (χ3n) is 5.42. The molecule has 0 spiro atoms. The minimum atomic E-state index is -0.205. The summed E-state index contributed by atoms with van der Waals surface area (Å²) in [4.78, 5) is 12.4. The molecule has 0 radical (unpaired) electrons. The van der Waals surface area contributed by atoms with E-state index < -0.39 is 0 Å². The van der Waals surface area contributed by atoms with Crippen LogP contribution in [0.5, 0.6) is 5.75 Å². The maximum absolute atomic E-state index is 12.4. The number of phenols is 1. The second kappa shape index (κ2) is 8.02. The van der Waals surface area contributed by atoms with E-state index in [2.05, 4.69) is 62.3 Å². The van der Waals surface area contributed by atoms with Gasteiger partial charge in [-0.25, -0.2) is 0 Å². The summed E-state index contributed by atoms with van der Waals surface area (Å²) in [5.74, 6) is 0.134. The van der Waals surface area contributed by atoms with Gasteiger partial charge in [-0.1, -0.05) is 74.4 Å². The van der Waals surface area contributed by atoms with Crippen LogP contribution in [0.3, 0.4) is 0 Å². The Morgan fingerprint density at radius 3 is 1.69 bits per heavy atom. The second-order valence-electron chi connectivity index (χ2n) is 9.89. The largest absolute Gasteiger partial charge is 0.507 e. The quantitative estimate of drug-likeness (QED) is 0.641. The van der Waals surface area contributed by atoms with Crippen molar-refractivity contribution in [3.05, 3.63) is 28.8 Å². The smallest absolute Gasteiger partial charge is 0.310 e. The van der Waals surface area contributed by atoms with Gasteiger partial charge in [0.1, 0.15) is 5.75 Å². The van der Waals surface area contributed by atoms with Gasteiger partial charge in [0.15, 0.2) is 0 Å². The van der Waals surface area contributed by atoms with Crippen molar-refractivity contribution in [3.63, 3.8) is 0 Å². The first-order valence-electron chi connectivity index (χ1n) is 9.76. The van der Waals surface area contributed by atoms with Crippen LogP contribution in [0.2, 0.25) is 0 Å². The molecule has 1 N–H and O–H groups in total. The zero-order valence-electron chi connectivity index (χ0n) is 18.2. The highest BCUT2D eigenvalue weighted by molar-refractivity contribution is 5.73. The van der Waals surface area contributed by atoms with Crippen LogP contribution >= 0.6 is 0 Å². The SMILES string of the molecule is CCC(C)(CC)COC(=O)Cc1cc(C(C)(C)C)c(O)c(C(C)(C)C)c1. The van der Waals surface area contributed by atoms with Gasteiger partial charge in [0.2, 0.25) is 0 Å². The molecule has 0 aliphatic heterocycles. The summed E-state index contributed by atoms with van der Waals surface area (Å²) in [5.41, 5.74) is 2.29. The molecule has 0 aromatic heterocycles. The molecule has 3 heteroatoms. The van der Waals surface area contributed by atoms with E-state index in [-0.39, 0.29) is 28.6 Å². The van der Waals surface area contributed by atoms with Crippen LogP contribution in [0.25, 0.3) is 0 Å². The Morgan fingerprint density at radius 1 is 0.923 bits per heavy atom. The predicted molar refractivity (Wildman–Crippen MR) is 109 cm³/mol. The van der Waals surface area contributed by atoms with Crippen molar-refractivity contribution in [2.45, 2.75) is 92.4 Å². The maximum atomic E-state index is 12.4. The third-order valence-corrected chi connectivity index (χ3v) is 5.42. The monoisotopic (exact) mass is 362 g/mol. The summed E-state index contributed by atoms with van der Waals surface area (Å²) >= 11 is 0. The van der Waals surface area contributed by atoms with Crippen molar-refractivity contribution in [3.8, 4) is 5.75 Å². The van der Waals surface area contributed by atoms with E-state index in [0.29, 0.717) is 12.4 Å². The normalized spacial score (nSPS) is 13.0. The van der Waals surface area contributed by atoms with Crippen LogP contribution < -0.4 is 0 Å². The number of aromatic hydroxyl groups is 1. The number of benzene rings is 1. The molecule has 1 rings (SSSR count). The lowest BCUT2D eigenvalue weighted by Crippen LogP contribution is -2.24. The van der Waals surface area contributed by atoms with Crippen molar-refractivity contribution in [2.24, 2.45) is 5.41 Å². The number of carbonyl (C=O) groups is 1. The van der Waals surface area contributed by atoms with E-state index in [1.165, 1.54) is 0 Å². The first kappa shape index (κ1) is 22.5. The zero-order valence-corrected chi connectivity index (χ0v) is 18.2. The minimum Gasteiger partial charge on any atom is -0.507 e. The zero-order chi connectivity index (χ0) is 20.3. The number of hydrogen-bond acceptors (Lipinski definition) is 3. The Morgan fingerprint density at radius 2 is 1.35 bits per heavy atom. The van der Waals surface area contributed by atoms with Crippen LogP contribution in [0, 0.1) is 5.41 Å². The standard InChI is InChI=1S/C23H38O3/c1-10-23(9,11-2)15-26-19(24)14-16-12-17(21(3,4)5)20(25)18(13-16)22(6,7)8/h12-13,25H,10-11,14-15H2,1-9H3. The number of hydrogen-bond donors (Lipinski definition) is 1. The molecule has 0 aliphatic rings. The number of rotatable bonds is 6. The fourth-order valence-corrected chi connectivity index (χ4v) is 2.87. The molecule has 0 aliphatic carbocycles. The lowest BCUT2D eigenvalue weighted by atomic mass is 9.78. The molecule has 0 saturated heterocycles. The van der Waals surface area contributed by atoms with Gasteiger partial charge in [0.05, 0.1) is 13.0 Å². The Kier molecular flexibility index (Phi) is 6.95. The van der Waals surface area contributed by atoms with E-state index in [1.54, 1.807) is 0 Å². The van der Waals surface area contributed by atoms with Gasteiger partial charge in [-0.15, -0.1) is 0 Å². The van der Waals surface area contributed by atoms with Crippen LogP contribution in [-0.4, -0.2) is 17.7 Å². The Labute approximate surface area is 160 Å². The molecule has 3 nitrogen and oxygen atoms in total. The molecule has 1 aromatic rings. The summed E-state index contributed by atoms with van der Waals surface area (Å²) < 4.78 is 5.57. The molecule has 0 bridgehead atoms. The highest BCUT2D eigenvalue weighted by Gasteiger charge is 2.27. The summed E-state index contributed by atoms with van der Waals surface area (Å²) in [6.45, 7) is 19.3. The molecule has 1 aromatic carbocycles. The predicted octanol–water partition coefficient (Wildman–Crippen LogP) is 5.90. The molecule has 0 amide bonds. The molecule has 0 atom stereocenters. The van der Waals surface area contributed by atoms with Gasteiger partial charge in [-0.2, -0.15) is 0 Å². The second-order valence-corrected chi connectivity index (χ2v) is 9.89. The van der Waals surface area contributed by atoms with E-state index in [4.69, 9.17) is 4.74 Å². The molecular formula is C23H38O3. The fraction of sp³-hybridized carbons (Fsp3) is 0.696. The number of carbonyl (C=O) groups excluding carboxylic acids is 1. The molecule has 148 valence electrons. The van der Waals surface area contributed by atoms with Crippen LogP contribution in [0.1, 0.15) is 91.8 Å². The molecule has 0 unspecified atom stereocenters. The molecule has 0 fully saturated rings. The third kappa shape index (κ3) is 5.75. The molecule has 26 heavy (non-hydrogen) atoms. The van der Waals surface area contributed by atoms with Gasteiger partial charge in [0.25, 0.3) is 0 Å². The molecular weight excluding hydrogens is 324 g/mol. The van der Waals surface area contributed by atoms with Crippen LogP contribution in [0.4, 0.5) is 0 Å². The molecule has 0 heterocycles. The summed E-state index contributed by atoms with van der Waals surface area (Å²) in [6, 6.07) is 3.90. The van der Waals surface area contributed by atoms with Crippen LogP contribution in [0.15, 0.2) is 12.1 Å². The Hall–Kier alpha value is -1.51. The van der Waals surface area contributed by atoms with Crippen molar-refractivity contribution in [2.75, 3.05) is 6.61 Å². The van der Waals surface area contributed by atoms with E-state index in [0.717, 1.165) is 29.5 Å². The Bertz CT molecular complexity index is 591. The first-order chi connectivity index (χ1) is 11.7. The van der Waals surface area contributed by atoms with E-state index >= 15 is 0 Å². The summed E-state index contributed by atoms with van der Waals surface area (Å²) in [5, 5.41) is 10.8. The van der Waals surface area contributed by atoms with Crippen LogP contribution in [-0.2, 0) is 26.8 Å². The lowest BCUT2D eigenvalue weighted by molar-refractivity contribution is -0.146. The average Bonchev–Trinajstić information content (AvgIpc) is 2.52. The van der Waals surface area contributed by atoms with Crippen molar-refractivity contribution >= 4 is 5.97 Å². The maximum Gasteiger partial charge on any atom is 0.310 e. The van der Waals surface area contributed by atoms with Crippen molar-refractivity contribution in [1.29, 1.82) is 0 Å². The number of esters is 1. The van der Waals surface area contributed by atoms with E-state index in [1.807, 2.05) is 12.1 Å². The highest BCUT2D eigenvalue weighted by Crippen LogP contribution is 2.40. The summed E-state index contributed by atoms with van der Waals surface area (Å²) in [6.07, 6.45) is 2.20. The average molecular weight is 363 g/mol. The molecule has 0 saturated carbocycles. The van der Waals surface area contributed by atoms with Crippen molar-refractivity contribution < 1.29 is 14.6 Å². The Balaban J connectivity index is 3.12. The highest BCUT2D eigenvalue weighted by atomic mass is 16.5. The lowest BCUT2D eigenvalue weighted by Gasteiger charge is -2.28. The first-order valence-corrected chi connectivity index (χ1v) is 9.76. The van der Waals surface area contributed by atoms with Gasteiger partial charge in [-0.3, -0.25) is 4.79 Å².